The summed E-state index contributed by atoms with van der Waals surface area (Å²) < 4.78 is 25.6. The summed E-state index contributed by atoms with van der Waals surface area (Å²) in [5, 5.41) is 8.73. The first-order chi connectivity index (χ1) is 12.3. The van der Waals surface area contributed by atoms with Gasteiger partial charge in [-0.2, -0.15) is 0 Å². The summed E-state index contributed by atoms with van der Waals surface area (Å²) in [5.41, 5.74) is 2.18. The minimum absolute atomic E-state index is 0.0542. The van der Waals surface area contributed by atoms with Crippen LogP contribution in [0.3, 0.4) is 0 Å². The lowest BCUT2D eigenvalue weighted by Gasteiger charge is -2.23. The highest BCUT2D eigenvalue weighted by atomic mass is 19.1. The fourth-order valence-electron chi connectivity index (χ4n) is 2.74. The molecule has 0 atom stereocenters. The highest BCUT2D eigenvalue weighted by Crippen LogP contribution is 2.27. The Labute approximate surface area is 147 Å². The molecule has 4 heteroatoms. The first-order valence-electron chi connectivity index (χ1n) is 8.50. The van der Waals surface area contributed by atoms with Gasteiger partial charge in [0.05, 0.1) is 19.8 Å². The van der Waals surface area contributed by atoms with Gasteiger partial charge in [-0.1, -0.05) is 24.0 Å². The Morgan fingerprint density at radius 2 is 1.88 bits per heavy atom. The van der Waals surface area contributed by atoms with Crippen LogP contribution in [0.25, 0.3) is 11.1 Å². The van der Waals surface area contributed by atoms with E-state index in [0.29, 0.717) is 30.9 Å². The number of benzene rings is 2. The molecule has 0 aromatic heterocycles. The zero-order valence-corrected chi connectivity index (χ0v) is 14.0. The fourth-order valence-corrected chi connectivity index (χ4v) is 2.74. The molecule has 1 saturated heterocycles. The van der Waals surface area contributed by atoms with Gasteiger partial charge < -0.3 is 14.6 Å². The van der Waals surface area contributed by atoms with Gasteiger partial charge in [0.1, 0.15) is 17.7 Å². The lowest BCUT2D eigenvalue weighted by atomic mass is 10.0. The zero-order chi connectivity index (χ0) is 17.5. The summed E-state index contributed by atoms with van der Waals surface area (Å²) in [6.07, 6.45) is 2.21. The Bertz CT molecular complexity index is 753. The molecule has 0 radical (unpaired) electrons. The van der Waals surface area contributed by atoms with Crippen LogP contribution in [0.4, 0.5) is 4.39 Å². The Morgan fingerprint density at radius 3 is 2.56 bits per heavy atom. The third-order valence-corrected chi connectivity index (χ3v) is 4.08. The molecule has 1 aliphatic heterocycles. The average molecular weight is 340 g/mol. The second-order valence-electron chi connectivity index (χ2n) is 5.92. The summed E-state index contributed by atoms with van der Waals surface area (Å²) in [6.45, 7) is 1.44. The van der Waals surface area contributed by atoms with E-state index in [2.05, 4.69) is 11.8 Å². The van der Waals surface area contributed by atoms with Gasteiger partial charge in [0.15, 0.2) is 0 Å². The van der Waals surface area contributed by atoms with Crippen LogP contribution in [0.2, 0.25) is 0 Å². The van der Waals surface area contributed by atoms with E-state index in [-0.39, 0.29) is 18.5 Å². The van der Waals surface area contributed by atoms with Gasteiger partial charge in [-0.3, -0.25) is 0 Å². The van der Waals surface area contributed by atoms with Crippen molar-refractivity contribution in [2.75, 3.05) is 19.8 Å². The van der Waals surface area contributed by atoms with Crippen molar-refractivity contribution in [3.63, 3.8) is 0 Å². The number of rotatable bonds is 4. The van der Waals surface area contributed by atoms with E-state index in [0.717, 1.165) is 24.0 Å². The van der Waals surface area contributed by atoms with Crippen molar-refractivity contribution in [3.8, 4) is 28.7 Å². The van der Waals surface area contributed by atoms with Crippen molar-refractivity contribution >= 4 is 0 Å². The number of aliphatic hydroxyl groups excluding tert-OH is 1. The fraction of sp³-hybridized carbons (Fsp3) is 0.333. The Morgan fingerprint density at radius 1 is 1.12 bits per heavy atom. The van der Waals surface area contributed by atoms with Crippen molar-refractivity contribution in [1.29, 1.82) is 0 Å². The molecule has 1 N–H and O–H groups in total. The smallest absolute Gasteiger partial charge is 0.134 e. The molecule has 0 bridgehead atoms. The van der Waals surface area contributed by atoms with Gasteiger partial charge >= 0.3 is 0 Å². The molecule has 1 fully saturated rings. The van der Waals surface area contributed by atoms with E-state index < -0.39 is 0 Å². The zero-order valence-electron chi connectivity index (χ0n) is 14.0. The highest BCUT2D eigenvalue weighted by molar-refractivity contribution is 5.66. The van der Waals surface area contributed by atoms with Crippen molar-refractivity contribution < 1.29 is 19.0 Å². The summed E-state index contributed by atoms with van der Waals surface area (Å²) >= 11 is 0. The monoisotopic (exact) mass is 340 g/mol. The van der Waals surface area contributed by atoms with Gasteiger partial charge in [-0.15, -0.1) is 0 Å². The molecule has 0 saturated carbocycles. The molecule has 3 rings (SSSR count). The predicted octanol–water partition coefficient (Wildman–Crippen LogP) is 3.78. The van der Waals surface area contributed by atoms with Gasteiger partial charge in [-0.05, 0) is 29.8 Å². The van der Waals surface area contributed by atoms with E-state index in [1.54, 1.807) is 6.07 Å². The molecule has 0 amide bonds. The van der Waals surface area contributed by atoms with E-state index in [1.807, 2.05) is 30.3 Å². The van der Waals surface area contributed by atoms with E-state index in [4.69, 9.17) is 14.6 Å². The molecule has 3 nitrogen and oxygen atoms in total. The minimum atomic E-state index is -0.302. The number of hydrogen-bond acceptors (Lipinski definition) is 3. The summed E-state index contributed by atoms with van der Waals surface area (Å²) in [5.74, 6) is 6.08. The molecule has 0 spiro atoms. The Balaban J connectivity index is 1.71. The average Bonchev–Trinajstić information content (AvgIpc) is 2.64. The number of halogens is 1. The van der Waals surface area contributed by atoms with Crippen LogP contribution in [0.5, 0.6) is 5.75 Å². The van der Waals surface area contributed by atoms with Gasteiger partial charge in [0.25, 0.3) is 0 Å². The molecular weight excluding hydrogens is 319 g/mol. The number of hydrogen-bond donors (Lipinski definition) is 1. The van der Waals surface area contributed by atoms with Crippen LogP contribution in [0.15, 0.2) is 42.5 Å². The molecule has 1 heterocycles. The molecule has 1 aliphatic rings. The van der Waals surface area contributed by atoms with Gasteiger partial charge in [0, 0.05) is 36.5 Å². The van der Waals surface area contributed by atoms with Crippen LogP contribution in [-0.4, -0.2) is 31.0 Å². The molecule has 0 aliphatic carbocycles. The van der Waals surface area contributed by atoms with Crippen molar-refractivity contribution in [2.45, 2.75) is 25.4 Å². The highest BCUT2D eigenvalue weighted by Gasteiger charge is 2.16. The normalized spacial score (nSPS) is 14.6. The second kappa shape index (κ2) is 8.66. The topological polar surface area (TPSA) is 38.7 Å². The summed E-state index contributed by atoms with van der Waals surface area (Å²) in [7, 11) is 0. The third-order valence-electron chi connectivity index (χ3n) is 4.08. The molecular formula is C21H21FO3. The van der Waals surface area contributed by atoms with Gasteiger partial charge in [0.2, 0.25) is 0 Å². The lowest BCUT2D eigenvalue weighted by molar-refractivity contribution is 0.0255. The second-order valence-corrected chi connectivity index (χ2v) is 5.92. The van der Waals surface area contributed by atoms with Crippen molar-refractivity contribution in [2.24, 2.45) is 0 Å². The first kappa shape index (κ1) is 17.5. The number of aliphatic hydroxyl groups is 1. The molecule has 0 unspecified atom stereocenters. The third kappa shape index (κ3) is 4.82. The first-order valence-corrected chi connectivity index (χ1v) is 8.50. The SMILES string of the molecule is OCCC#Cc1ccc(-c2ccc(OC3CCOCC3)cc2F)cc1. The van der Waals surface area contributed by atoms with Crippen LogP contribution in [0.1, 0.15) is 24.8 Å². The Hall–Kier alpha value is -2.35. The van der Waals surface area contributed by atoms with E-state index in [1.165, 1.54) is 6.07 Å². The summed E-state index contributed by atoms with van der Waals surface area (Å²) in [6, 6.07) is 12.4. The van der Waals surface area contributed by atoms with Gasteiger partial charge in [-0.25, -0.2) is 4.39 Å². The minimum Gasteiger partial charge on any atom is -0.490 e. The van der Waals surface area contributed by atoms with Crippen LogP contribution in [-0.2, 0) is 4.74 Å². The lowest BCUT2D eigenvalue weighted by Crippen LogP contribution is -2.25. The summed E-state index contributed by atoms with van der Waals surface area (Å²) in [4.78, 5) is 0. The maximum Gasteiger partial charge on any atom is 0.134 e. The maximum atomic E-state index is 14.5. The largest absolute Gasteiger partial charge is 0.490 e. The predicted molar refractivity (Wildman–Crippen MR) is 94.9 cm³/mol. The maximum absolute atomic E-state index is 14.5. The number of ether oxygens (including phenoxy) is 2. The van der Waals surface area contributed by atoms with Crippen molar-refractivity contribution in [1.82, 2.24) is 0 Å². The van der Waals surface area contributed by atoms with E-state index in [9.17, 15) is 4.39 Å². The van der Waals surface area contributed by atoms with Crippen LogP contribution >= 0.6 is 0 Å². The van der Waals surface area contributed by atoms with Crippen LogP contribution < -0.4 is 4.74 Å². The molecule has 2 aromatic rings. The molecule has 2 aromatic carbocycles. The molecule has 130 valence electrons. The van der Waals surface area contributed by atoms with Crippen LogP contribution in [0, 0.1) is 17.7 Å². The van der Waals surface area contributed by atoms with Crippen molar-refractivity contribution in [3.05, 3.63) is 53.8 Å². The van der Waals surface area contributed by atoms with E-state index >= 15 is 0 Å². The Kier molecular flexibility index (Phi) is 6.05. The molecule has 25 heavy (non-hydrogen) atoms. The quantitative estimate of drug-likeness (QED) is 0.861. The standard InChI is InChI=1S/C21H21FO3/c22-21-15-19(25-18-10-13-24-14-11-18)8-9-20(21)17-6-4-16(5-7-17)3-1-2-12-23/h4-9,15,18,23H,2,10-14H2.